The van der Waals surface area contributed by atoms with Crippen molar-refractivity contribution in [2.75, 3.05) is 0 Å². The maximum absolute atomic E-state index is 10.3. The molecule has 0 saturated heterocycles. The molecule has 3 N–H and O–H groups in total. The smallest absolute Gasteiger partial charge is 0.220 e. The van der Waals surface area contributed by atoms with Gasteiger partial charge in [0.25, 0.3) is 0 Å². The van der Waals surface area contributed by atoms with Crippen molar-refractivity contribution in [3.05, 3.63) is 0 Å². The third-order valence-corrected chi connectivity index (χ3v) is 1.54. The van der Waals surface area contributed by atoms with Gasteiger partial charge in [0.05, 0.1) is 0 Å². The highest BCUT2D eigenvalue weighted by molar-refractivity contribution is 5.77. The zero-order valence-electron chi connectivity index (χ0n) is 4.55. The van der Waals surface area contributed by atoms with Gasteiger partial charge in [-0.15, -0.1) is 0 Å². The van der Waals surface area contributed by atoms with E-state index in [2.05, 4.69) is 0 Å². The van der Waals surface area contributed by atoms with Gasteiger partial charge in [0.15, 0.2) is 0 Å². The Balaban J connectivity index is 2.25. The van der Waals surface area contributed by atoms with E-state index in [0.29, 0.717) is 12.8 Å². The number of nitrogens with two attached hydrogens (primary N) is 1. The Morgan fingerprint density at radius 1 is 1.62 bits per heavy atom. The molecule has 0 aromatic rings. The van der Waals surface area contributed by atoms with Gasteiger partial charge in [0.1, 0.15) is 0 Å². The van der Waals surface area contributed by atoms with Crippen LogP contribution in [0.1, 0.15) is 12.8 Å². The molecule has 0 unspecified atom stereocenters. The largest absolute Gasteiger partial charge is 0.369 e. The number of primary amides is 1. The molecule has 0 aliphatic heterocycles. The molecule has 0 atom stereocenters. The van der Waals surface area contributed by atoms with Crippen molar-refractivity contribution in [1.29, 1.82) is 0 Å². The Kier molecular flexibility index (Phi) is 1.21. The van der Waals surface area contributed by atoms with E-state index in [-0.39, 0.29) is 17.9 Å². The first kappa shape index (κ1) is 5.56. The lowest BCUT2D eigenvalue weighted by atomic mass is 9.80. The van der Waals surface area contributed by atoms with Gasteiger partial charge in [-0.25, -0.2) is 0 Å². The number of rotatable bonds is 1. The molecule has 3 heteroatoms. The third kappa shape index (κ3) is 0.816. The van der Waals surface area contributed by atoms with Gasteiger partial charge in [-0.1, -0.05) is 0 Å². The summed E-state index contributed by atoms with van der Waals surface area (Å²) >= 11 is 0. The standard InChI is InChI=1S/C5H9N2O/c6-4-1-3(2-4)5(7)8/h3-4,6H,1-2H2,(H2,7,8)/t3-,4+. The van der Waals surface area contributed by atoms with Crippen molar-refractivity contribution >= 4 is 5.91 Å². The molecule has 1 fully saturated rings. The summed E-state index contributed by atoms with van der Waals surface area (Å²) in [6, 6.07) is -0.0208. The highest BCUT2D eigenvalue weighted by Gasteiger charge is 2.30. The average Bonchev–Trinajstić information content (AvgIpc) is 1.57. The molecule has 1 amide bonds. The monoisotopic (exact) mass is 113 g/mol. The van der Waals surface area contributed by atoms with Crippen LogP contribution in [0.3, 0.4) is 0 Å². The van der Waals surface area contributed by atoms with Crippen molar-refractivity contribution in [2.24, 2.45) is 11.7 Å². The van der Waals surface area contributed by atoms with Gasteiger partial charge in [0, 0.05) is 12.0 Å². The molecule has 45 valence electrons. The first-order chi connectivity index (χ1) is 3.70. The minimum Gasteiger partial charge on any atom is -0.369 e. The van der Waals surface area contributed by atoms with Gasteiger partial charge >= 0.3 is 0 Å². The van der Waals surface area contributed by atoms with E-state index in [4.69, 9.17) is 11.5 Å². The Morgan fingerprint density at radius 2 is 2.12 bits per heavy atom. The Hall–Kier alpha value is -0.570. The van der Waals surface area contributed by atoms with E-state index < -0.39 is 0 Å². The minimum atomic E-state index is -0.242. The molecule has 0 aromatic heterocycles. The quantitative estimate of drug-likeness (QED) is 0.491. The molecule has 0 bridgehead atoms. The molecular formula is C5H9N2O. The number of amides is 1. The zero-order chi connectivity index (χ0) is 6.15. The van der Waals surface area contributed by atoms with Crippen LogP contribution < -0.4 is 11.5 Å². The number of hydrogen-bond donors (Lipinski definition) is 1. The van der Waals surface area contributed by atoms with Crippen LogP contribution in [0.4, 0.5) is 0 Å². The van der Waals surface area contributed by atoms with Crippen LogP contribution in [-0.2, 0) is 4.79 Å². The van der Waals surface area contributed by atoms with Crippen LogP contribution in [0.25, 0.3) is 0 Å². The average molecular weight is 113 g/mol. The molecule has 1 aliphatic carbocycles. The molecule has 1 aliphatic rings. The first-order valence-corrected chi connectivity index (χ1v) is 2.70. The molecule has 8 heavy (non-hydrogen) atoms. The number of nitrogens with one attached hydrogen (secondary N) is 1. The summed E-state index contributed by atoms with van der Waals surface area (Å²) in [5.74, 6) is -0.231. The van der Waals surface area contributed by atoms with Gasteiger partial charge in [0.2, 0.25) is 5.91 Å². The van der Waals surface area contributed by atoms with Crippen molar-refractivity contribution in [3.8, 4) is 0 Å². The number of hydrogen-bond acceptors (Lipinski definition) is 1. The summed E-state index contributed by atoms with van der Waals surface area (Å²) in [5, 5.41) is 0. The van der Waals surface area contributed by atoms with E-state index in [1.165, 1.54) is 0 Å². The topological polar surface area (TPSA) is 66.9 Å². The van der Waals surface area contributed by atoms with Gasteiger partial charge in [-0.2, -0.15) is 0 Å². The van der Waals surface area contributed by atoms with Crippen LogP contribution in [0.15, 0.2) is 0 Å². The van der Waals surface area contributed by atoms with Crippen molar-refractivity contribution in [3.63, 3.8) is 0 Å². The molecule has 1 saturated carbocycles. The van der Waals surface area contributed by atoms with E-state index in [9.17, 15) is 4.79 Å². The Labute approximate surface area is 48.0 Å². The predicted molar refractivity (Wildman–Crippen MR) is 28.8 cm³/mol. The fourth-order valence-electron chi connectivity index (χ4n) is 0.850. The molecule has 0 spiro atoms. The third-order valence-electron chi connectivity index (χ3n) is 1.54. The maximum Gasteiger partial charge on any atom is 0.220 e. The summed E-state index contributed by atoms with van der Waals surface area (Å²) in [4.78, 5) is 10.3. The summed E-state index contributed by atoms with van der Waals surface area (Å²) < 4.78 is 0. The van der Waals surface area contributed by atoms with Gasteiger partial charge in [-0.05, 0) is 12.8 Å². The van der Waals surface area contributed by atoms with E-state index in [1.807, 2.05) is 0 Å². The molecule has 0 heterocycles. The minimum absolute atomic E-state index is 0.0116. The maximum atomic E-state index is 10.3. The number of carbonyl (C=O) groups excluding carboxylic acids is 1. The lowest BCUT2D eigenvalue weighted by Gasteiger charge is -2.28. The van der Waals surface area contributed by atoms with Crippen LogP contribution in [0.5, 0.6) is 0 Å². The van der Waals surface area contributed by atoms with Crippen LogP contribution >= 0.6 is 0 Å². The molecule has 1 rings (SSSR count). The summed E-state index contributed by atoms with van der Waals surface area (Å²) in [6.07, 6.45) is 1.35. The van der Waals surface area contributed by atoms with Crippen molar-refractivity contribution in [1.82, 2.24) is 5.73 Å². The summed E-state index contributed by atoms with van der Waals surface area (Å²) in [5.41, 5.74) is 12.0. The van der Waals surface area contributed by atoms with Crippen LogP contribution in [0, 0.1) is 5.92 Å². The molecular weight excluding hydrogens is 104 g/mol. The van der Waals surface area contributed by atoms with E-state index in [0.717, 1.165) is 0 Å². The molecule has 0 aromatic carbocycles. The SMILES string of the molecule is [NH][C@H]1C[C@@H](C(N)=O)C1. The summed E-state index contributed by atoms with van der Waals surface area (Å²) in [7, 11) is 0. The van der Waals surface area contributed by atoms with Crippen LogP contribution in [-0.4, -0.2) is 11.9 Å². The van der Waals surface area contributed by atoms with Crippen molar-refractivity contribution in [2.45, 2.75) is 18.9 Å². The first-order valence-electron chi connectivity index (χ1n) is 2.70. The Bertz CT molecular complexity index is 107. The lowest BCUT2D eigenvalue weighted by Crippen LogP contribution is -2.38. The molecule has 3 nitrogen and oxygen atoms in total. The molecule has 1 radical (unpaired) electrons. The van der Waals surface area contributed by atoms with Crippen molar-refractivity contribution < 1.29 is 4.79 Å². The second-order valence-electron chi connectivity index (χ2n) is 2.27. The lowest BCUT2D eigenvalue weighted by molar-refractivity contribution is -0.124. The van der Waals surface area contributed by atoms with E-state index >= 15 is 0 Å². The zero-order valence-corrected chi connectivity index (χ0v) is 4.55. The van der Waals surface area contributed by atoms with E-state index in [1.54, 1.807) is 0 Å². The second-order valence-corrected chi connectivity index (χ2v) is 2.27. The highest BCUT2D eigenvalue weighted by Crippen LogP contribution is 2.25. The Morgan fingerprint density at radius 3 is 2.25 bits per heavy atom. The van der Waals surface area contributed by atoms with Gasteiger partial charge < -0.3 is 5.73 Å². The van der Waals surface area contributed by atoms with Crippen LogP contribution in [0.2, 0.25) is 0 Å². The number of carbonyl (C=O) groups is 1. The van der Waals surface area contributed by atoms with Gasteiger partial charge in [-0.3, -0.25) is 10.5 Å². The fraction of sp³-hybridized carbons (Fsp3) is 0.800. The highest BCUT2D eigenvalue weighted by atomic mass is 16.1. The summed E-state index contributed by atoms with van der Waals surface area (Å²) in [6.45, 7) is 0. The predicted octanol–water partition coefficient (Wildman–Crippen LogP) is -0.467. The normalized spacial score (nSPS) is 36.1. The second kappa shape index (κ2) is 1.74. The fourth-order valence-corrected chi connectivity index (χ4v) is 0.850.